The number of H-pyrrole nitrogens is 1. The number of esters is 1. The number of aryl methyl sites for hydroxylation is 1. The molecule has 276 valence electrons. The molecular formula is C45H51N3O5. The number of carbonyl (C=O) groups is 1. The van der Waals surface area contributed by atoms with E-state index in [2.05, 4.69) is 87.3 Å². The predicted octanol–water partition coefficient (Wildman–Crippen LogP) is 10.9. The minimum Gasteiger partial charge on any atom is -0.475 e. The molecule has 4 aromatic carbocycles. The number of aromatic nitrogens is 2. The van der Waals surface area contributed by atoms with Crippen molar-refractivity contribution in [1.29, 1.82) is 0 Å². The van der Waals surface area contributed by atoms with Crippen LogP contribution in [-0.2, 0) is 27.8 Å². The van der Waals surface area contributed by atoms with Crippen molar-refractivity contribution in [1.82, 2.24) is 9.97 Å². The number of nitrogens with zero attached hydrogens (tertiary/aromatic N) is 2. The molecule has 1 fully saturated rings. The second kappa shape index (κ2) is 13.8. The molecular weight excluding hydrogens is 663 g/mol. The van der Waals surface area contributed by atoms with Crippen molar-refractivity contribution in [2.75, 3.05) is 6.61 Å². The van der Waals surface area contributed by atoms with Crippen LogP contribution in [0.5, 0.6) is 5.75 Å². The van der Waals surface area contributed by atoms with Crippen LogP contribution >= 0.6 is 0 Å². The highest BCUT2D eigenvalue weighted by Gasteiger charge is 2.52. The van der Waals surface area contributed by atoms with Crippen LogP contribution in [0.4, 0.5) is 5.69 Å². The molecule has 1 N–H and O–H groups in total. The van der Waals surface area contributed by atoms with E-state index in [9.17, 15) is 14.9 Å². The molecule has 1 aromatic heterocycles. The van der Waals surface area contributed by atoms with E-state index in [-0.39, 0.29) is 22.3 Å². The van der Waals surface area contributed by atoms with Gasteiger partial charge in [0.15, 0.2) is 12.4 Å². The zero-order valence-electron chi connectivity index (χ0n) is 32.0. The Morgan fingerprint density at radius 2 is 1.77 bits per heavy atom. The van der Waals surface area contributed by atoms with Crippen molar-refractivity contribution in [2.45, 2.75) is 104 Å². The molecule has 5 aromatic rings. The van der Waals surface area contributed by atoms with Crippen molar-refractivity contribution in [2.24, 2.45) is 11.3 Å². The standard InChI is InChI=1S/C45H51N3O5/c1-28(2)30-14-18-35-31(24-30)16-21-39-44(6,22-11-23-45(35,39)7)26-34-33(29-12-9-8-10-13-29)17-19-36-41(34)47-42(46-36)32-15-20-37(48(50)51)38(25-32)52-27-40(49)53-43(3,4)5/h8-10,12-15,17-20,24-25,28,39H,11,16,21-23,26-27H2,1-7H3,(H,46,47)/t39-,44+,45+/m0/s1. The van der Waals surface area contributed by atoms with Crippen LogP contribution in [0.1, 0.15) is 102 Å². The number of aromatic amines is 1. The molecule has 3 atom stereocenters. The Hall–Kier alpha value is -4.98. The number of nitro groups is 1. The van der Waals surface area contributed by atoms with Crippen LogP contribution in [0.2, 0.25) is 0 Å². The van der Waals surface area contributed by atoms with Crippen molar-refractivity contribution in [3.05, 3.63) is 111 Å². The summed E-state index contributed by atoms with van der Waals surface area (Å²) in [5.41, 5.74) is 9.66. The molecule has 8 heteroatoms. The van der Waals surface area contributed by atoms with Gasteiger partial charge in [-0.25, -0.2) is 9.78 Å². The van der Waals surface area contributed by atoms with Crippen molar-refractivity contribution in [3.63, 3.8) is 0 Å². The molecule has 0 aliphatic heterocycles. The molecule has 0 amide bonds. The van der Waals surface area contributed by atoms with E-state index < -0.39 is 23.1 Å². The first-order valence-electron chi connectivity index (χ1n) is 19.0. The Morgan fingerprint density at radius 1 is 1.00 bits per heavy atom. The number of carbonyl (C=O) groups excluding carboxylic acids is 1. The molecule has 1 saturated carbocycles. The number of nitrogens with one attached hydrogen (secondary N) is 1. The topological polar surface area (TPSA) is 107 Å². The molecule has 0 unspecified atom stereocenters. The third-order valence-electron chi connectivity index (χ3n) is 11.8. The normalized spacial score (nSPS) is 21.2. The number of imidazole rings is 1. The van der Waals surface area contributed by atoms with Gasteiger partial charge in [0.2, 0.25) is 0 Å². The molecule has 1 heterocycles. The largest absolute Gasteiger partial charge is 0.475 e. The number of benzene rings is 4. The molecule has 0 saturated heterocycles. The number of hydrogen-bond acceptors (Lipinski definition) is 6. The van der Waals surface area contributed by atoms with Gasteiger partial charge < -0.3 is 14.5 Å². The second-order valence-corrected chi connectivity index (χ2v) is 17.0. The van der Waals surface area contributed by atoms with E-state index >= 15 is 0 Å². The molecule has 7 rings (SSSR count). The average molecular weight is 714 g/mol. The lowest BCUT2D eigenvalue weighted by Crippen LogP contribution is -2.50. The van der Waals surface area contributed by atoms with Crippen molar-refractivity contribution < 1.29 is 19.2 Å². The van der Waals surface area contributed by atoms with E-state index in [1.165, 1.54) is 53.1 Å². The van der Waals surface area contributed by atoms with Gasteiger partial charge in [0.05, 0.1) is 16.0 Å². The number of fused-ring (bicyclic) bond motifs is 4. The summed E-state index contributed by atoms with van der Waals surface area (Å²) >= 11 is 0. The summed E-state index contributed by atoms with van der Waals surface area (Å²) in [6.45, 7) is 14.4. The Balaban J connectivity index is 1.28. The lowest BCUT2D eigenvalue weighted by Gasteiger charge is -2.56. The maximum atomic E-state index is 12.4. The first kappa shape index (κ1) is 36.4. The molecule has 53 heavy (non-hydrogen) atoms. The van der Waals surface area contributed by atoms with Crippen LogP contribution in [-0.4, -0.2) is 33.1 Å². The highest BCUT2D eigenvalue weighted by molar-refractivity contribution is 5.89. The van der Waals surface area contributed by atoms with Crippen molar-refractivity contribution >= 4 is 22.7 Å². The molecule has 0 spiro atoms. The van der Waals surface area contributed by atoms with Gasteiger partial charge in [-0.15, -0.1) is 0 Å². The minimum absolute atomic E-state index is 0.0175. The molecule has 2 aliphatic carbocycles. The molecule has 0 bridgehead atoms. The summed E-state index contributed by atoms with van der Waals surface area (Å²) in [5, 5.41) is 11.9. The zero-order valence-corrected chi connectivity index (χ0v) is 32.0. The highest BCUT2D eigenvalue weighted by Crippen LogP contribution is 2.59. The minimum atomic E-state index is -0.703. The lowest BCUT2D eigenvalue weighted by molar-refractivity contribution is -0.385. The first-order valence-corrected chi connectivity index (χ1v) is 19.0. The lowest BCUT2D eigenvalue weighted by atomic mass is 9.48. The summed E-state index contributed by atoms with van der Waals surface area (Å²) in [4.78, 5) is 32.6. The number of rotatable bonds is 9. The van der Waals surface area contributed by atoms with Gasteiger partial charge >= 0.3 is 11.7 Å². The highest BCUT2D eigenvalue weighted by atomic mass is 16.6. The van der Waals surface area contributed by atoms with E-state index in [1.54, 1.807) is 32.9 Å². The van der Waals surface area contributed by atoms with Gasteiger partial charge in [-0.3, -0.25) is 10.1 Å². The average Bonchev–Trinajstić information content (AvgIpc) is 3.55. The Bertz CT molecular complexity index is 2180. The Labute approximate surface area is 312 Å². The summed E-state index contributed by atoms with van der Waals surface area (Å²) in [5.74, 6) is 0.983. The van der Waals surface area contributed by atoms with Crippen LogP contribution in [0.15, 0.2) is 78.9 Å². The second-order valence-electron chi connectivity index (χ2n) is 17.0. The Kier molecular flexibility index (Phi) is 9.46. The maximum absolute atomic E-state index is 12.4. The summed E-state index contributed by atoms with van der Waals surface area (Å²) < 4.78 is 11.1. The summed E-state index contributed by atoms with van der Waals surface area (Å²) in [7, 11) is 0. The van der Waals surface area contributed by atoms with Crippen LogP contribution in [0.25, 0.3) is 33.5 Å². The van der Waals surface area contributed by atoms with Gasteiger partial charge in [-0.05, 0) is 127 Å². The fourth-order valence-corrected chi connectivity index (χ4v) is 9.39. The monoisotopic (exact) mass is 713 g/mol. The fourth-order valence-electron chi connectivity index (χ4n) is 9.39. The summed E-state index contributed by atoms with van der Waals surface area (Å²) in [6.07, 6.45) is 6.66. The Morgan fingerprint density at radius 3 is 2.49 bits per heavy atom. The smallest absolute Gasteiger partial charge is 0.344 e. The third-order valence-corrected chi connectivity index (χ3v) is 11.8. The van der Waals surface area contributed by atoms with E-state index in [0.717, 1.165) is 35.9 Å². The van der Waals surface area contributed by atoms with Crippen LogP contribution < -0.4 is 4.74 Å². The van der Waals surface area contributed by atoms with Gasteiger partial charge in [-0.1, -0.05) is 88.7 Å². The summed E-state index contributed by atoms with van der Waals surface area (Å²) in [6, 6.07) is 26.7. The van der Waals surface area contributed by atoms with Gasteiger partial charge in [0.1, 0.15) is 11.4 Å². The third kappa shape index (κ3) is 7.08. The molecule has 8 nitrogen and oxygen atoms in total. The van der Waals surface area contributed by atoms with Crippen molar-refractivity contribution in [3.8, 4) is 28.3 Å². The van der Waals surface area contributed by atoms with E-state index in [0.29, 0.717) is 23.2 Å². The maximum Gasteiger partial charge on any atom is 0.344 e. The van der Waals surface area contributed by atoms with Gasteiger partial charge in [0.25, 0.3) is 0 Å². The first-order chi connectivity index (χ1) is 25.1. The number of hydrogen-bond donors (Lipinski definition) is 1. The van der Waals surface area contributed by atoms with Crippen LogP contribution in [0.3, 0.4) is 0 Å². The molecule has 2 aliphatic rings. The predicted molar refractivity (Wildman–Crippen MR) is 210 cm³/mol. The quantitative estimate of drug-likeness (QED) is 0.0925. The van der Waals surface area contributed by atoms with E-state index in [4.69, 9.17) is 14.5 Å². The van der Waals surface area contributed by atoms with E-state index in [1.807, 2.05) is 6.07 Å². The van der Waals surface area contributed by atoms with Gasteiger partial charge in [-0.2, -0.15) is 0 Å². The number of ether oxygens (including phenoxy) is 2. The number of nitro benzene ring substituents is 1. The van der Waals surface area contributed by atoms with Gasteiger partial charge in [0, 0.05) is 11.6 Å². The van der Waals surface area contributed by atoms with Crippen LogP contribution in [0, 0.1) is 21.4 Å². The molecule has 0 radical (unpaired) electrons. The SMILES string of the molecule is CC(C)c1ccc2c(c1)CC[C@H]1[C@@](C)(Cc3c(-c4ccccc4)ccc4[nH]c(-c5ccc([N+](=O)[O-])c(OCC(=O)OC(C)(C)C)c5)nc34)CCC[C@]21C. The zero-order chi connectivity index (χ0) is 37.7. The fraction of sp³-hybridized carbons (Fsp3) is 0.422.